The molecule has 21 heavy (non-hydrogen) atoms. The van der Waals surface area contributed by atoms with Gasteiger partial charge in [0.15, 0.2) is 0 Å². The lowest BCUT2D eigenvalue weighted by Crippen LogP contribution is -2.32. The molecule has 6 heteroatoms. The third-order valence-corrected chi connectivity index (χ3v) is 3.31. The lowest BCUT2D eigenvalue weighted by Gasteiger charge is -2.23. The molecule has 0 aromatic heterocycles. The molecule has 0 aliphatic carbocycles. The number of para-hydroxylation sites is 2. The molecule has 0 aliphatic heterocycles. The second kappa shape index (κ2) is 7.52. The number of hydrogen-bond donors (Lipinski definition) is 4. The van der Waals surface area contributed by atoms with Crippen LogP contribution in [0.25, 0.3) is 0 Å². The van der Waals surface area contributed by atoms with Gasteiger partial charge in [0.2, 0.25) is 0 Å². The lowest BCUT2D eigenvalue weighted by molar-refractivity contribution is -0.137. The van der Waals surface area contributed by atoms with Crippen LogP contribution in [-0.4, -0.2) is 23.7 Å². The third-order valence-electron chi connectivity index (χ3n) is 3.31. The van der Waals surface area contributed by atoms with Crippen LogP contribution >= 0.6 is 0 Å². The Bertz CT molecular complexity index is 501. The van der Waals surface area contributed by atoms with Crippen LogP contribution in [0.1, 0.15) is 33.1 Å². The van der Waals surface area contributed by atoms with Gasteiger partial charge in [0.05, 0.1) is 11.4 Å². The normalized spacial score (nSPS) is 11.0. The summed E-state index contributed by atoms with van der Waals surface area (Å²) in [5, 5.41) is 14.1. The molecule has 0 fully saturated rings. The zero-order valence-corrected chi connectivity index (χ0v) is 12.5. The summed E-state index contributed by atoms with van der Waals surface area (Å²) in [6, 6.07) is 6.71. The van der Waals surface area contributed by atoms with Crippen LogP contribution in [0, 0.1) is 5.41 Å². The number of nitrogens with two attached hydrogens (primary N) is 1. The first-order valence-electron chi connectivity index (χ1n) is 6.91. The smallest absolute Gasteiger partial charge is 0.319 e. The fraction of sp³-hybridized carbons (Fsp3) is 0.467. The molecule has 0 spiro atoms. The average Bonchev–Trinajstić information content (AvgIpc) is 2.39. The molecule has 6 nitrogen and oxygen atoms in total. The molecule has 0 unspecified atom stereocenters. The molecule has 0 bridgehead atoms. The first-order chi connectivity index (χ1) is 9.80. The fourth-order valence-electron chi connectivity index (χ4n) is 1.86. The van der Waals surface area contributed by atoms with Crippen molar-refractivity contribution in [1.82, 2.24) is 5.32 Å². The van der Waals surface area contributed by atoms with E-state index in [1.807, 2.05) is 13.8 Å². The Hall–Kier alpha value is -2.24. The second-order valence-corrected chi connectivity index (χ2v) is 5.78. The van der Waals surface area contributed by atoms with Gasteiger partial charge in [-0.05, 0) is 30.4 Å². The van der Waals surface area contributed by atoms with Crippen molar-refractivity contribution in [1.29, 1.82) is 0 Å². The number of carboxylic acid groups (broad SMARTS) is 1. The molecule has 0 radical (unpaired) electrons. The van der Waals surface area contributed by atoms with Gasteiger partial charge in [-0.15, -0.1) is 0 Å². The van der Waals surface area contributed by atoms with E-state index >= 15 is 0 Å². The highest BCUT2D eigenvalue weighted by Crippen LogP contribution is 2.26. The molecule has 1 aromatic carbocycles. The van der Waals surface area contributed by atoms with Crippen molar-refractivity contribution in [3.05, 3.63) is 24.3 Å². The highest BCUT2D eigenvalue weighted by Gasteiger charge is 2.19. The van der Waals surface area contributed by atoms with Crippen LogP contribution < -0.4 is 16.4 Å². The van der Waals surface area contributed by atoms with E-state index in [4.69, 9.17) is 10.8 Å². The standard InChI is InChI=1S/C15H23N3O3/c1-15(2,8-7-13(19)20)9-10-17-14(21)18-12-6-4-3-5-11(12)16/h3-6H,7-10,16H2,1-2H3,(H,19,20)(H2,17,18,21). The third kappa shape index (κ3) is 6.65. The summed E-state index contributed by atoms with van der Waals surface area (Å²) in [4.78, 5) is 22.3. The molecular weight excluding hydrogens is 270 g/mol. The van der Waals surface area contributed by atoms with Gasteiger partial charge in [-0.2, -0.15) is 0 Å². The second-order valence-electron chi connectivity index (χ2n) is 5.78. The number of rotatable bonds is 7. The number of carboxylic acids is 1. The van der Waals surface area contributed by atoms with Crippen molar-refractivity contribution >= 4 is 23.4 Å². The number of hydrogen-bond acceptors (Lipinski definition) is 3. The van der Waals surface area contributed by atoms with Crippen molar-refractivity contribution in [2.75, 3.05) is 17.6 Å². The molecule has 0 aliphatic rings. The molecule has 0 heterocycles. The number of nitrogen functional groups attached to an aromatic ring is 1. The Labute approximate surface area is 124 Å². The van der Waals surface area contributed by atoms with Crippen molar-refractivity contribution in [3.8, 4) is 0 Å². The molecule has 2 amide bonds. The van der Waals surface area contributed by atoms with E-state index < -0.39 is 5.97 Å². The minimum absolute atomic E-state index is 0.128. The average molecular weight is 293 g/mol. The van der Waals surface area contributed by atoms with Gasteiger partial charge < -0.3 is 21.5 Å². The number of anilines is 2. The Kier molecular flexibility index (Phi) is 6.02. The summed E-state index contributed by atoms with van der Waals surface area (Å²) in [6.45, 7) is 4.46. The van der Waals surface area contributed by atoms with Crippen LogP contribution in [-0.2, 0) is 4.79 Å². The van der Waals surface area contributed by atoms with Gasteiger partial charge in [0.1, 0.15) is 0 Å². The van der Waals surface area contributed by atoms with Crippen molar-refractivity contribution in [2.24, 2.45) is 5.41 Å². The summed E-state index contributed by atoms with van der Waals surface area (Å²) in [7, 11) is 0. The Morgan fingerprint density at radius 3 is 2.52 bits per heavy atom. The minimum atomic E-state index is -0.798. The number of aliphatic carboxylic acids is 1. The quantitative estimate of drug-likeness (QED) is 0.580. The number of benzene rings is 1. The van der Waals surface area contributed by atoms with Crippen LogP contribution in [0.5, 0.6) is 0 Å². The van der Waals surface area contributed by atoms with Crippen molar-refractivity contribution in [3.63, 3.8) is 0 Å². The first kappa shape index (κ1) is 16.8. The number of amides is 2. The predicted octanol–water partition coefficient (Wildman–Crippen LogP) is 2.67. The summed E-state index contributed by atoms with van der Waals surface area (Å²) >= 11 is 0. The van der Waals surface area contributed by atoms with Crippen LogP contribution in [0.4, 0.5) is 16.2 Å². The number of urea groups is 1. The van der Waals surface area contributed by atoms with E-state index in [-0.39, 0.29) is 17.9 Å². The molecule has 116 valence electrons. The summed E-state index contributed by atoms with van der Waals surface area (Å²) in [6.07, 6.45) is 1.43. The van der Waals surface area contributed by atoms with Gasteiger partial charge in [-0.1, -0.05) is 26.0 Å². The van der Waals surface area contributed by atoms with E-state index in [9.17, 15) is 9.59 Å². The van der Waals surface area contributed by atoms with Crippen LogP contribution in [0.3, 0.4) is 0 Å². The van der Waals surface area contributed by atoms with Gasteiger partial charge >= 0.3 is 12.0 Å². The monoisotopic (exact) mass is 293 g/mol. The summed E-state index contributed by atoms with van der Waals surface area (Å²) in [5.41, 5.74) is 6.69. The number of nitrogens with one attached hydrogen (secondary N) is 2. The highest BCUT2D eigenvalue weighted by atomic mass is 16.4. The maximum Gasteiger partial charge on any atom is 0.319 e. The largest absolute Gasteiger partial charge is 0.481 e. The molecule has 5 N–H and O–H groups in total. The van der Waals surface area contributed by atoms with Crippen molar-refractivity contribution < 1.29 is 14.7 Å². The molecule has 1 aromatic rings. The van der Waals surface area contributed by atoms with Crippen LogP contribution in [0.15, 0.2) is 24.3 Å². The Balaban J connectivity index is 2.33. The van der Waals surface area contributed by atoms with E-state index in [1.165, 1.54) is 0 Å². The number of carbonyl (C=O) groups is 2. The molecular formula is C15H23N3O3. The predicted molar refractivity (Wildman–Crippen MR) is 83.1 cm³/mol. The first-order valence-corrected chi connectivity index (χ1v) is 6.91. The van der Waals surface area contributed by atoms with E-state index in [2.05, 4.69) is 10.6 Å². The molecule has 0 saturated carbocycles. The Morgan fingerprint density at radius 2 is 1.90 bits per heavy atom. The SMILES string of the molecule is CC(C)(CCNC(=O)Nc1ccccc1N)CCC(=O)O. The van der Waals surface area contributed by atoms with Crippen LogP contribution in [0.2, 0.25) is 0 Å². The maximum atomic E-state index is 11.7. The highest BCUT2D eigenvalue weighted by molar-refractivity contribution is 5.92. The lowest BCUT2D eigenvalue weighted by atomic mass is 9.84. The minimum Gasteiger partial charge on any atom is -0.481 e. The topological polar surface area (TPSA) is 104 Å². The van der Waals surface area contributed by atoms with Gasteiger partial charge in [0, 0.05) is 13.0 Å². The van der Waals surface area contributed by atoms with Gasteiger partial charge in [0.25, 0.3) is 0 Å². The van der Waals surface area contributed by atoms with Gasteiger partial charge in [-0.3, -0.25) is 4.79 Å². The van der Waals surface area contributed by atoms with E-state index in [1.54, 1.807) is 24.3 Å². The molecule has 1 rings (SSSR count). The maximum absolute atomic E-state index is 11.7. The fourth-order valence-corrected chi connectivity index (χ4v) is 1.86. The summed E-state index contributed by atoms with van der Waals surface area (Å²) < 4.78 is 0. The zero-order chi connectivity index (χ0) is 15.9. The van der Waals surface area contributed by atoms with Gasteiger partial charge in [-0.25, -0.2) is 4.79 Å². The number of carbonyl (C=O) groups excluding carboxylic acids is 1. The van der Waals surface area contributed by atoms with E-state index in [0.29, 0.717) is 30.8 Å². The van der Waals surface area contributed by atoms with Crippen molar-refractivity contribution in [2.45, 2.75) is 33.1 Å². The summed E-state index contributed by atoms with van der Waals surface area (Å²) in [5.74, 6) is -0.798. The zero-order valence-electron chi connectivity index (χ0n) is 12.5. The molecule has 0 atom stereocenters. The molecule has 0 saturated heterocycles. The van der Waals surface area contributed by atoms with E-state index in [0.717, 1.165) is 0 Å². The Morgan fingerprint density at radius 1 is 1.24 bits per heavy atom.